The SMILES string of the molecule is CCCNC(=O)[C@H](CC)N(Cc1ccc(C)cc1)C(=O)CN(c1cccc([N+](=O)[O-])c1)S(C)(=O)=O. The number of non-ortho nitro benzene ring substituents is 1. The monoisotopic (exact) mass is 504 g/mol. The third-order valence-electron chi connectivity index (χ3n) is 5.42. The molecule has 2 aromatic rings. The molecule has 2 aromatic carbocycles. The summed E-state index contributed by atoms with van der Waals surface area (Å²) in [4.78, 5) is 38.4. The number of nitro groups is 1. The van der Waals surface area contributed by atoms with E-state index in [1.165, 1.54) is 23.1 Å². The fourth-order valence-corrected chi connectivity index (χ4v) is 4.39. The summed E-state index contributed by atoms with van der Waals surface area (Å²) in [6.45, 7) is 5.57. The number of carbonyl (C=O) groups excluding carboxylic acids is 2. The van der Waals surface area contributed by atoms with Gasteiger partial charge in [-0.05, 0) is 31.4 Å². The first-order valence-electron chi connectivity index (χ1n) is 11.3. The predicted octanol–water partition coefficient (Wildman–Crippen LogP) is 3.00. The van der Waals surface area contributed by atoms with Gasteiger partial charge in [0.05, 0.1) is 16.9 Å². The van der Waals surface area contributed by atoms with Gasteiger partial charge in [-0.25, -0.2) is 8.42 Å². The van der Waals surface area contributed by atoms with E-state index in [9.17, 15) is 28.1 Å². The van der Waals surface area contributed by atoms with Crippen molar-refractivity contribution >= 4 is 33.2 Å². The molecule has 35 heavy (non-hydrogen) atoms. The minimum Gasteiger partial charge on any atom is -0.354 e. The summed E-state index contributed by atoms with van der Waals surface area (Å²) in [6, 6.07) is 11.7. The van der Waals surface area contributed by atoms with Gasteiger partial charge in [0.15, 0.2) is 0 Å². The van der Waals surface area contributed by atoms with E-state index in [-0.39, 0.29) is 23.8 Å². The molecule has 1 atom stereocenters. The van der Waals surface area contributed by atoms with Crippen molar-refractivity contribution in [2.24, 2.45) is 0 Å². The molecule has 0 heterocycles. The molecule has 0 aliphatic rings. The van der Waals surface area contributed by atoms with Crippen LogP contribution in [0.4, 0.5) is 11.4 Å². The van der Waals surface area contributed by atoms with Crippen molar-refractivity contribution in [1.29, 1.82) is 0 Å². The summed E-state index contributed by atoms with van der Waals surface area (Å²) in [7, 11) is -3.97. The Hall–Kier alpha value is -3.47. The van der Waals surface area contributed by atoms with Crippen LogP contribution in [-0.2, 0) is 26.2 Å². The van der Waals surface area contributed by atoms with Gasteiger partial charge >= 0.3 is 0 Å². The van der Waals surface area contributed by atoms with E-state index in [0.29, 0.717) is 13.0 Å². The van der Waals surface area contributed by atoms with E-state index < -0.39 is 33.4 Å². The largest absolute Gasteiger partial charge is 0.354 e. The molecule has 1 N–H and O–H groups in total. The molecule has 0 saturated carbocycles. The minimum absolute atomic E-state index is 0.00572. The molecule has 0 aromatic heterocycles. The second-order valence-corrected chi connectivity index (χ2v) is 10.2. The average Bonchev–Trinajstić information content (AvgIpc) is 2.81. The molecule has 190 valence electrons. The summed E-state index contributed by atoms with van der Waals surface area (Å²) >= 11 is 0. The predicted molar refractivity (Wildman–Crippen MR) is 134 cm³/mol. The third-order valence-corrected chi connectivity index (χ3v) is 6.56. The molecule has 0 saturated heterocycles. The number of rotatable bonds is 12. The van der Waals surface area contributed by atoms with E-state index in [0.717, 1.165) is 34.2 Å². The highest BCUT2D eigenvalue weighted by Crippen LogP contribution is 2.24. The molecular formula is C24H32N4O6S. The van der Waals surface area contributed by atoms with Gasteiger partial charge in [-0.2, -0.15) is 0 Å². The molecule has 2 amide bonds. The van der Waals surface area contributed by atoms with Crippen LogP contribution in [0.5, 0.6) is 0 Å². The topological polar surface area (TPSA) is 130 Å². The molecule has 11 heteroatoms. The number of nitro benzene ring substituents is 1. The first-order chi connectivity index (χ1) is 16.5. The zero-order valence-electron chi connectivity index (χ0n) is 20.4. The Balaban J connectivity index is 2.45. The second-order valence-electron chi connectivity index (χ2n) is 8.27. The number of carbonyl (C=O) groups is 2. The van der Waals surface area contributed by atoms with Crippen LogP contribution in [0.25, 0.3) is 0 Å². The maximum absolute atomic E-state index is 13.5. The molecule has 10 nitrogen and oxygen atoms in total. The van der Waals surface area contributed by atoms with Crippen LogP contribution >= 0.6 is 0 Å². The number of hydrogen-bond donors (Lipinski definition) is 1. The van der Waals surface area contributed by atoms with Gasteiger partial charge in [0.2, 0.25) is 21.8 Å². The summed E-state index contributed by atoms with van der Waals surface area (Å²) in [6.07, 6.45) is 1.97. The van der Waals surface area contributed by atoms with Gasteiger partial charge < -0.3 is 10.2 Å². The van der Waals surface area contributed by atoms with Crippen LogP contribution in [-0.4, -0.2) is 55.4 Å². The normalized spacial score (nSPS) is 12.0. The minimum atomic E-state index is -3.97. The maximum atomic E-state index is 13.5. The summed E-state index contributed by atoms with van der Waals surface area (Å²) < 4.78 is 26.0. The maximum Gasteiger partial charge on any atom is 0.271 e. The lowest BCUT2D eigenvalue weighted by Crippen LogP contribution is -2.52. The van der Waals surface area contributed by atoms with Crippen molar-refractivity contribution in [3.05, 3.63) is 69.8 Å². The summed E-state index contributed by atoms with van der Waals surface area (Å²) in [5.41, 5.74) is 1.51. The highest BCUT2D eigenvalue weighted by Gasteiger charge is 2.32. The van der Waals surface area contributed by atoms with Crippen LogP contribution in [0, 0.1) is 17.0 Å². The standard InChI is InChI=1S/C24H32N4O6S/c1-5-14-25-24(30)22(6-2)26(16-19-12-10-18(3)11-13-19)23(29)17-27(35(4,33)34)20-8-7-9-21(15-20)28(31)32/h7-13,15,22H,5-6,14,16-17H2,1-4H3,(H,25,30)/t22-/m0/s1. The Bertz CT molecular complexity index is 1150. The number of anilines is 1. The highest BCUT2D eigenvalue weighted by atomic mass is 32.2. The number of nitrogens with one attached hydrogen (secondary N) is 1. The number of aryl methyl sites for hydroxylation is 1. The Labute approximate surface area is 206 Å². The molecule has 0 fully saturated rings. The number of sulfonamides is 1. The molecular weight excluding hydrogens is 472 g/mol. The third kappa shape index (κ3) is 7.78. The lowest BCUT2D eigenvalue weighted by molar-refractivity contribution is -0.384. The first-order valence-corrected chi connectivity index (χ1v) is 13.2. The van der Waals surface area contributed by atoms with E-state index in [1.807, 2.05) is 38.1 Å². The molecule has 0 bridgehead atoms. The smallest absolute Gasteiger partial charge is 0.271 e. The van der Waals surface area contributed by atoms with Crippen molar-refractivity contribution < 1.29 is 22.9 Å². The van der Waals surface area contributed by atoms with Crippen LogP contribution in [0.3, 0.4) is 0 Å². The molecule has 2 rings (SSSR count). The second kappa shape index (κ2) is 12.3. The lowest BCUT2D eigenvalue weighted by Gasteiger charge is -2.32. The van der Waals surface area contributed by atoms with Gasteiger partial charge in [-0.3, -0.25) is 24.0 Å². The van der Waals surface area contributed by atoms with Crippen LogP contribution in [0.2, 0.25) is 0 Å². The molecule has 0 spiro atoms. The number of benzene rings is 2. The number of nitrogens with zero attached hydrogens (tertiary/aromatic N) is 3. The van der Waals surface area contributed by atoms with E-state index in [4.69, 9.17) is 0 Å². The Morgan fingerprint density at radius 1 is 1.11 bits per heavy atom. The highest BCUT2D eigenvalue weighted by molar-refractivity contribution is 7.92. The number of amides is 2. The fraction of sp³-hybridized carbons (Fsp3) is 0.417. The molecule has 0 radical (unpaired) electrons. The molecule has 0 aliphatic heterocycles. The summed E-state index contributed by atoms with van der Waals surface area (Å²) in [5.74, 6) is -0.919. The van der Waals surface area contributed by atoms with Crippen LogP contribution in [0.1, 0.15) is 37.8 Å². The van der Waals surface area contributed by atoms with Gasteiger partial charge in [0.25, 0.3) is 5.69 Å². The zero-order valence-corrected chi connectivity index (χ0v) is 21.2. The lowest BCUT2D eigenvalue weighted by atomic mass is 10.1. The Morgan fingerprint density at radius 2 is 1.77 bits per heavy atom. The first kappa shape index (κ1) is 27.8. The number of hydrogen-bond acceptors (Lipinski definition) is 6. The zero-order chi connectivity index (χ0) is 26.2. The van der Waals surface area contributed by atoms with Crippen molar-refractivity contribution in [3.63, 3.8) is 0 Å². The van der Waals surface area contributed by atoms with Crippen LogP contribution < -0.4 is 9.62 Å². The molecule has 0 unspecified atom stereocenters. The van der Waals surface area contributed by atoms with Crippen molar-refractivity contribution in [3.8, 4) is 0 Å². The summed E-state index contributed by atoms with van der Waals surface area (Å²) in [5, 5.41) is 14.0. The van der Waals surface area contributed by atoms with Crippen molar-refractivity contribution in [2.45, 2.75) is 46.2 Å². The molecule has 0 aliphatic carbocycles. The van der Waals surface area contributed by atoms with Gasteiger partial charge in [0, 0.05) is 25.2 Å². The van der Waals surface area contributed by atoms with Crippen molar-refractivity contribution in [2.75, 3.05) is 23.7 Å². The van der Waals surface area contributed by atoms with Gasteiger partial charge in [0.1, 0.15) is 12.6 Å². The fourth-order valence-electron chi connectivity index (χ4n) is 3.55. The van der Waals surface area contributed by atoms with E-state index >= 15 is 0 Å². The van der Waals surface area contributed by atoms with Gasteiger partial charge in [-0.1, -0.05) is 49.7 Å². The average molecular weight is 505 g/mol. The quantitative estimate of drug-likeness (QED) is 0.349. The van der Waals surface area contributed by atoms with Crippen molar-refractivity contribution in [1.82, 2.24) is 10.2 Å². The Morgan fingerprint density at radius 3 is 2.31 bits per heavy atom. The van der Waals surface area contributed by atoms with Crippen LogP contribution in [0.15, 0.2) is 48.5 Å². The Kier molecular flexibility index (Phi) is 9.76. The van der Waals surface area contributed by atoms with E-state index in [1.54, 1.807) is 6.92 Å². The van der Waals surface area contributed by atoms with E-state index in [2.05, 4.69) is 5.32 Å². The van der Waals surface area contributed by atoms with Gasteiger partial charge in [-0.15, -0.1) is 0 Å².